The highest BCUT2D eigenvalue weighted by Crippen LogP contribution is 2.09. The Morgan fingerprint density at radius 2 is 1.75 bits per heavy atom. The summed E-state index contributed by atoms with van der Waals surface area (Å²) in [4.78, 5) is 7.06. The molecule has 1 heterocycles. The van der Waals surface area contributed by atoms with Crippen LogP contribution in [0.2, 0.25) is 0 Å². The monoisotopic (exact) mass is 172 g/mol. The molecular formula is C9H20N2O. The molecule has 0 bridgehead atoms. The second kappa shape index (κ2) is 6.40. The van der Waals surface area contributed by atoms with E-state index in [2.05, 4.69) is 9.74 Å². The molecule has 1 rings (SSSR count). The van der Waals surface area contributed by atoms with Crippen LogP contribution in [0.15, 0.2) is 0 Å². The summed E-state index contributed by atoms with van der Waals surface area (Å²) in [6.07, 6.45) is 6.61. The van der Waals surface area contributed by atoms with E-state index in [0.717, 1.165) is 13.0 Å². The van der Waals surface area contributed by atoms with Crippen molar-refractivity contribution in [3.05, 3.63) is 0 Å². The number of rotatable bonds is 4. The number of likely N-dealkylation sites (tertiary alicyclic amines) is 1. The molecule has 72 valence electrons. The zero-order chi connectivity index (χ0) is 8.65. The van der Waals surface area contributed by atoms with Crippen LogP contribution in [0.1, 0.15) is 32.1 Å². The van der Waals surface area contributed by atoms with Crippen LogP contribution in [0.25, 0.3) is 0 Å². The summed E-state index contributed by atoms with van der Waals surface area (Å²) in [5, 5.41) is 0. The summed E-state index contributed by atoms with van der Waals surface area (Å²) in [6.45, 7) is 4.38. The smallest absolute Gasteiger partial charge is 0.0691 e. The van der Waals surface area contributed by atoms with Crippen LogP contribution in [-0.4, -0.2) is 31.1 Å². The summed E-state index contributed by atoms with van der Waals surface area (Å²) in [5.74, 6) is 4.96. The number of hydrogen-bond acceptors (Lipinski definition) is 3. The minimum atomic E-state index is 0.691. The standard InChI is InChI=1S/C9H20N2O/c10-12-9-5-8-11-6-3-1-2-4-7-11/h1-10H2. The van der Waals surface area contributed by atoms with Crippen molar-refractivity contribution >= 4 is 0 Å². The van der Waals surface area contributed by atoms with Gasteiger partial charge in [0.05, 0.1) is 6.61 Å². The van der Waals surface area contributed by atoms with E-state index in [1.54, 1.807) is 0 Å². The van der Waals surface area contributed by atoms with Gasteiger partial charge in [-0.25, -0.2) is 5.90 Å². The molecule has 0 aromatic heterocycles. The highest BCUT2D eigenvalue weighted by molar-refractivity contribution is 4.62. The maximum Gasteiger partial charge on any atom is 0.0691 e. The van der Waals surface area contributed by atoms with Gasteiger partial charge in [-0.15, -0.1) is 0 Å². The molecular weight excluding hydrogens is 152 g/mol. The molecule has 12 heavy (non-hydrogen) atoms. The van der Waals surface area contributed by atoms with Crippen molar-refractivity contribution < 1.29 is 4.84 Å². The Morgan fingerprint density at radius 1 is 1.08 bits per heavy atom. The first kappa shape index (κ1) is 9.96. The minimum Gasteiger partial charge on any atom is -0.305 e. The lowest BCUT2D eigenvalue weighted by atomic mass is 10.2. The first-order valence-corrected chi connectivity index (χ1v) is 4.97. The minimum absolute atomic E-state index is 0.691. The van der Waals surface area contributed by atoms with Gasteiger partial charge in [0.2, 0.25) is 0 Å². The quantitative estimate of drug-likeness (QED) is 0.510. The number of nitrogens with zero attached hydrogens (tertiary/aromatic N) is 1. The van der Waals surface area contributed by atoms with Crippen molar-refractivity contribution in [3.63, 3.8) is 0 Å². The highest BCUT2D eigenvalue weighted by atomic mass is 16.6. The fraction of sp³-hybridized carbons (Fsp3) is 1.00. The third-order valence-corrected chi connectivity index (χ3v) is 2.44. The second-order valence-corrected chi connectivity index (χ2v) is 3.48. The molecule has 1 saturated heterocycles. The van der Waals surface area contributed by atoms with Crippen molar-refractivity contribution in [1.29, 1.82) is 0 Å². The van der Waals surface area contributed by atoms with E-state index in [-0.39, 0.29) is 0 Å². The lowest BCUT2D eigenvalue weighted by Gasteiger charge is -2.18. The van der Waals surface area contributed by atoms with E-state index in [1.807, 2.05) is 0 Å². The third-order valence-electron chi connectivity index (χ3n) is 2.44. The van der Waals surface area contributed by atoms with Crippen LogP contribution in [0, 0.1) is 0 Å². The van der Waals surface area contributed by atoms with Crippen LogP contribution in [0.4, 0.5) is 0 Å². The zero-order valence-corrected chi connectivity index (χ0v) is 7.80. The molecule has 0 aromatic rings. The van der Waals surface area contributed by atoms with Crippen LogP contribution < -0.4 is 5.90 Å². The topological polar surface area (TPSA) is 38.5 Å². The summed E-state index contributed by atoms with van der Waals surface area (Å²) < 4.78 is 0. The molecule has 0 aromatic carbocycles. The first-order valence-electron chi connectivity index (χ1n) is 4.97. The molecule has 0 amide bonds. The van der Waals surface area contributed by atoms with Crippen LogP contribution in [0.3, 0.4) is 0 Å². The Hall–Kier alpha value is -0.120. The van der Waals surface area contributed by atoms with Gasteiger partial charge in [0.15, 0.2) is 0 Å². The maximum atomic E-state index is 4.96. The van der Waals surface area contributed by atoms with Crippen LogP contribution in [0.5, 0.6) is 0 Å². The Kier molecular flexibility index (Phi) is 5.32. The van der Waals surface area contributed by atoms with Gasteiger partial charge in [0.1, 0.15) is 0 Å². The Labute approximate surface area is 74.8 Å². The molecule has 1 aliphatic heterocycles. The highest BCUT2D eigenvalue weighted by Gasteiger charge is 2.07. The van der Waals surface area contributed by atoms with E-state index < -0.39 is 0 Å². The van der Waals surface area contributed by atoms with Gasteiger partial charge in [0.25, 0.3) is 0 Å². The van der Waals surface area contributed by atoms with E-state index in [9.17, 15) is 0 Å². The molecule has 0 radical (unpaired) electrons. The first-order chi connectivity index (χ1) is 5.93. The van der Waals surface area contributed by atoms with E-state index in [4.69, 9.17) is 5.90 Å². The fourth-order valence-corrected chi connectivity index (χ4v) is 1.73. The molecule has 0 unspecified atom stereocenters. The zero-order valence-electron chi connectivity index (χ0n) is 7.80. The SMILES string of the molecule is NOCCCN1CCCCCC1. The molecule has 0 aliphatic carbocycles. The molecule has 3 heteroatoms. The van der Waals surface area contributed by atoms with Gasteiger partial charge in [-0.2, -0.15) is 0 Å². The molecule has 3 nitrogen and oxygen atoms in total. The Morgan fingerprint density at radius 3 is 2.33 bits per heavy atom. The average Bonchev–Trinajstić information content (AvgIpc) is 2.33. The predicted molar refractivity (Wildman–Crippen MR) is 49.7 cm³/mol. The van der Waals surface area contributed by atoms with E-state index >= 15 is 0 Å². The van der Waals surface area contributed by atoms with E-state index in [0.29, 0.717) is 6.61 Å². The molecule has 0 saturated carbocycles. The molecule has 2 N–H and O–H groups in total. The lowest BCUT2D eigenvalue weighted by Crippen LogP contribution is -2.26. The van der Waals surface area contributed by atoms with E-state index in [1.165, 1.54) is 38.8 Å². The second-order valence-electron chi connectivity index (χ2n) is 3.48. The summed E-state index contributed by atoms with van der Waals surface area (Å²) in [6, 6.07) is 0. The Balaban J connectivity index is 2.04. The third kappa shape index (κ3) is 4.04. The van der Waals surface area contributed by atoms with Crippen LogP contribution in [-0.2, 0) is 4.84 Å². The Bertz CT molecular complexity index is 101. The van der Waals surface area contributed by atoms with Gasteiger partial charge in [-0.05, 0) is 32.4 Å². The maximum absolute atomic E-state index is 4.96. The summed E-state index contributed by atoms with van der Waals surface area (Å²) in [7, 11) is 0. The normalized spacial score (nSPS) is 20.8. The molecule has 0 spiro atoms. The summed E-state index contributed by atoms with van der Waals surface area (Å²) >= 11 is 0. The molecule has 0 atom stereocenters. The largest absolute Gasteiger partial charge is 0.305 e. The number of hydrogen-bond donors (Lipinski definition) is 1. The van der Waals surface area contributed by atoms with Gasteiger partial charge in [-0.3, -0.25) is 0 Å². The van der Waals surface area contributed by atoms with Crippen molar-refractivity contribution in [2.45, 2.75) is 32.1 Å². The van der Waals surface area contributed by atoms with Crippen molar-refractivity contribution in [1.82, 2.24) is 4.90 Å². The number of nitrogens with two attached hydrogens (primary N) is 1. The van der Waals surface area contributed by atoms with Crippen molar-refractivity contribution in [2.75, 3.05) is 26.2 Å². The van der Waals surface area contributed by atoms with Gasteiger partial charge >= 0.3 is 0 Å². The average molecular weight is 172 g/mol. The predicted octanol–water partition coefficient (Wildman–Crippen LogP) is 1.14. The van der Waals surface area contributed by atoms with Crippen molar-refractivity contribution in [3.8, 4) is 0 Å². The van der Waals surface area contributed by atoms with Gasteiger partial charge < -0.3 is 9.74 Å². The van der Waals surface area contributed by atoms with Crippen molar-refractivity contribution in [2.24, 2.45) is 5.90 Å². The lowest BCUT2D eigenvalue weighted by molar-refractivity contribution is 0.123. The fourth-order valence-electron chi connectivity index (χ4n) is 1.73. The van der Waals surface area contributed by atoms with Crippen LogP contribution >= 0.6 is 0 Å². The van der Waals surface area contributed by atoms with Gasteiger partial charge in [-0.1, -0.05) is 12.8 Å². The summed E-state index contributed by atoms with van der Waals surface area (Å²) in [5.41, 5.74) is 0. The van der Waals surface area contributed by atoms with Gasteiger partial charge in [0, 0.05) is 6.54 Å². The molecule has 1 aliphatic rings. The molecule has 1 fully saturated rings.